The molecule has 1 aliphatic carbocycles. The van der Waals surface area contributed by atoms with Gasteiger partial charge in [0, 0.05) is 12.8 Å². The Bertz CT molecular complexity index is 780. The Labute approximate surface area is 186 Å². The summed E-state index contributed by atoms with van der Waals surface area (Å²) in [6, 6.07) is 16.3. The molecule has 3 rings (SSSR count). The highest BCUT2D eigenvalue weighted by Crippen LogP contribution is 2.50. The van der Waals surface area contributed by atoms with Crippen LogP contribution >= 0.6 is 0 Å². The minimum atomic E-state index is -4.12. The van der Waals surface area contributed by atoms with Gasteiger partial charge in [0.1, 0.15) is 0 Å². The second-order valence-corrected chi connectivity index (χ2v) is 8.82. The molecule has 2 atom stereocenters. The SMILES string of the molecule is FC(F)(F)CCCCCC1c2ccccc2-c2ccccc2C1CCCCCC(F)(F)F. The molecule has 0 fully saturated rings. The summed E-state index contributed by atoms with van der Waals surface area (Å²) in [5.74, 6) is 0.351. The second kappa shape index (κ2) is 10.8. The largest absolute Gasteiger partial charge is 0.389 e. The van der Waals surface area contributed by atoms with Crippen LogP contribution in [0.1, 0.15) is 87.2 Å². The maximum absolute atomic E-state index is 12.5. The van der Waals surface area contributed by atoms with Crippen LogP contribution in [0.15, 0.2) is 48.5 Å². The quantitative estimate of drug-likeness (QED) is 0.247. The summed E-state index contributed by atoms with van der Waals surface area (Å²) in [6.45, 7) is 0. The topological polar surface area (TPSA) is 0 Å². The summed E-state index contributed by atoms with van der Waals surface area (Å²) in [6.07, 6.45) is -5.41. The van der Waals surface area contributed by atoms with Gasteiger partial charge in [-0.3, -0.25) is 0 Å². The van der Waals surface area contributed by atoms with Gasteiger partial charge < -0.3 is 0 Å². The van der Waals surface area contributed by atoms with Crippen molar-refractivity contribution < 1.29 is 26.3 Å². The zero-order valence-corrected chi connectivity index (χ0v) is 18.1. The first-order valence-electron chi connectivity index (χ1n) is 11.5. The smallest absolute Gasteiger partial charge is 0.171 e. The zero-order chi connectivity index (χ0) is 23.2. The summed E-state index contributed by atoms with van der Waals surface area (Å²) in [4.78, 5) is 0. The van der Waals surface area contributed by atoms with Crippen LogP contribution in [0, 0.1) is 0 Å². The van der Waals surface area contributed by atoms with Crippen molar-refractivity contribution in [2.75, 3.05) is 0 Å². The lowest BCUT2D eigenvalue weighted by Crippen LogP contribution is -2.18. The molecule has 2 unspecified atom stereocenters. The van der Waals surface area contributed by atoms with Gasteiger partial charge in [0.15, 0.2) is 0 Å². The van der Waals surface area contributed by atoms with Gasteiger partial charge in [-0.2, -0.15) is 26.3 Å². The van der Waals surface area contributed by atoms with Gasteiger partial charge in [0.25, 0.3) is 0 Å². The lowest BCUT2D eigenvalue weighted by Gasteiger charge is -2.36. The van der Waals surface area contributed by atoms with Crippen molar-refractivity contribution in [2.24, 2.45) is 0 Å². The van der Waals surface area contributed by atoms with E-state index in [4.69, 9.17) is 0 Å². The fourth-order valence-electron chi connectivity index (χ4n) is 5.01. The summed E-state index contributed by atoms with van der Waals surface area (Å²) >= 11 is 0. The molecule has 0 heterocycles. The van der Waals surface area contributed by atoms with Crippen LogP contribution in [0.2, 0.25) is 0 Å². The molecule has 0 saturated heterocycles. The Kier molecular flexibility index (Phi) is 8.29. The van der Waals surface area contributed by atoms with Crippen molar-refractivity contribution >= 4 is 0 Å². The fraction of sp³-hybridized carbons (Fsp3) is 0.538. The van der Waals surface area contributed by atoms with Gasteiger partial charge >= 0.3 is 12.4 Å². The normalized spacial score (nSPS) is 18.3. The van der Waals surface area contributed by atoms with Crippen LogP contribution in [-0.4, -0.2) is 12.4 Å². The number of alkyl halides is 6. The lowest BCUT2D eigenvalue weighted by molar-refractivity contribution is -0.136. The zero-order valence-electron chi connectivity index (χ0n) is 18.1. The third kappa shape index (κ3) is 7.01. The highest BCUT2D eigenvalue weighted by atomic mass is 19.4. The van der Waals surface area contributed by atoms with E-state index in [1.165, 1.54) is 11.1 Å². The molecule has 0 saturated carbocycles. The average molecular weight is 457 g/mol. The number of fused-ring (bicyclic) bond motifs is 3. The van der Waals surface area contributed by atoms with Crippen LogP contribution in [0.5, 0.6) is 0 Å². The van der Waals surface area contributed by atoms with Crippen molar-refractivity contribution in [1.29, 1.82) is 0 Å². The average Bonchev–Trinajstić information content (AvgIpc) is 2.72. The summed E-state index contributed by atoms with van der Waals surface area (Å²) < 4.78 is 74.8. The molecule has 0 radical (unpaired) electrons. The van der Waals surface area contributed by atoms with E-state index in [1.807, 2.05) is 24.3 Å². The molecule has 0 aliphatic heterocycles. The molecule has 0 bridgehead atoms. The first kappa shape index (κ1) is 24.7. The van der Waals surface area contributed by atoms with Gasteiger partial charge in [-0.25, -0.2) is 0 Å². The van der Waals surface area contributed by atoms with E-state index in [-0.39, 0.29) is 24.7 Å². The summed E-state index contributed by atoms with van der Waals surface area (Å²) in [5.41, 5.74) is 4.75. The van der Waals surface area contributed by atoms with Crippen molar-refractivity contribution in [1.82, 2.24) is 0 Å². The minimum Gasteiger partial charge on any atom is -0.171 e. The van der Waals surface area contributed by atoms with E-state index in [1.54, 1.807) is 0 Å². The molecule has 2 aromatic rings. The molecule has 0 aromatic heterocycles. The number of unbranched alkanes of at least 4 members (excludes halogenated alkanes) is 4. The number of hydrogen-bond donors (Lipinski definition) is 0. The molecule has 0 N–H and O–H groups in total. The number of benzene rings is 2. The molecular formula is C26H30F6. The monoisotopic (exact) mass is 456 g/mol. The predicted molar refractivity (Wildman–Crippen MR) is 116 cm³/mol. The number of rotatable bonds is 10. The van der Waals surface area contributed by atoms with Crippen LogP contribution in [0.3, 0.4) is 0 Å². The molecular weight excluding hydrogens is 426 g/mol. The van der Waals surface area contributed by atoms with E-state index in [9.17, 15) is 26.3 Å². The van der Waals surface area contributed by atoms with E-state index in [2.05, 4.69) is 24.3 Å². The van der Waals surface area contributed by atoms with Crippen molar-refractivity contribution in [2.45, 2.75) is 88.4 Å². The van der Waals surface area contributed by atoms with E-state index >= 15 is 0 Å². The van der Waals surface area contributed by atoms with Crippen LogP contribution < -0.4 is 0 Å². The van der Waals surface area contributed by atoms with E-state index < -0.39 is 25.2 Å². The first-order valence-corrected chi connectivity index (χ1v) is 11.5. The van der Waals surface area contributed by atoms with Crippen molar-refractivity contribution in [3.8, 4) is 11.1 Å². The highest BCUT2D eigenvalue weighted by Gasteiger charge is 2.33. The van der Waals surface area contributed by atoms with Crippen LogP contribution in [-0.2, 0) is 0 Å². The molecule has 0 amide bonds. The third-order valence-corrected chi connectivity index (χ3v) is 6.45. The second-order valence-electron chi connectivity index (χ2n) is 8.82. The van der Waals surface area contributed by atoms with Gasteiger partial charge in [0.2, 0.25) is 0 Å². The summed E-state index contributed by atoms with van der Waals surface area (Å²) in [5, 5.41) is 0. The van der Waals surface area contributed by atoms with Gasteiger partial charge in [0.05, 0.1) is 0 Å². The van der Waals surface area contributed by atoms with Gasteiger partial charge in [-0.05, 0) is 59.8 Å². The van der Waals surface area contributed by atoms with E-state index in [0.29, 0.717) is 25.7 Å². The standard InChI is InChI=1S/C26H30F6/c27-25(28,29)17-9-1-3-11-19-20(12-4-2-10-18-26(30,31)32)22-14-6-8-16-24(22)23-15-7-5-13-21(19)23/h5-8,13-16,19-20H,1-4,9-12,17-18H2. The van der Waals surface area contributed by atoms with Gasteiger partial charge in [-0.15, -0.1) is 0 Å². The maximum Gasteiger partial charge on any atom is 0.389 e. The Hall–Kier alpha value is -1.98. The minimum absolute atomic E-state index is 0.135. The van der Waals surface area contributed by atoms with Crippen molar-refractivity contribution in [3.63, 3.8) is 0 Å². The molecule has 0 spiro atoms. The maximum atomic E-state index is 12.5. The Morgan fingerprint density at radius 1 is 0.500 bits per heavy atom. The van der Waals surface area contributed by atoms with Crippen molar-refractivity contribution in [3.05, 3.63) is 59.7 Å². The molecule has 0 nitrogen and oxygen atoms in total. The molecule has 32 heavy (non-hydrogen) atoms. The third-order valence-electron chi connectivity index (χ3n) is 6.45. The molecule has 1 aliphatic rings. The molecule has 6 heteroatoms. The van der Waals surface area contributed by atoms with Crippen LogP contribution in [0.25, 0.3) is 11.1 Å². The van der Waals surface area contributed by atoms with Gasteiger partial charge in [-0.1, -0.05) is 74.2 Å². The predicted octanol–water partition coefficient (Wildman–Crippen LogP) is 9.56. The highest BCUT2D eigenvalue weighted by molar-refractivity contribution is 5.75. The first-order chi connectivity index (χ1) is 15.2. The number of halogens is 6. The fourth-order valence-corrected chi connectivity index (χ4v) is 5.01. The Morgan fingerprint density at radius 2 is 0.875 bits per heavy atom. The Balaban J connectivity index is 1.71. The number of hydrogen-bond acceptors (Lipinski definition) is 0. The molecule has 176 valence electrons. The molecule has 2 aromatic carbocycles. The Morgan fingerprint density at radius 3 is 1.25 bits per heavy atom. The lowest BCUT2D eigenvalue weighted by atomic mass is 9.68. The van der Waals surface area contributed by atoms with Crippen LogP contribution in [0.4, 0.5) is 26.3 Å². The summed E-state index contributed by atoms with van der Waals surface area (Å²) in [7, 11) is 0. The van der Waals surface area contributed by atoms with E-state index in [0.717, 1.165) is 24.0 Å².